The van der Waals surface area contributed by atoms with Gasteiger partial charge in [-0.2, -0.15) is 0 Å². The molecule has 0 heterocycles. The Bertz CT molecular complexity index is 453. The van der Waals surface area contributed by atoms with Gasteiger partial charge in [-0.05, 0) is 36.0 Å². The molecule has 2 heteroatoms. The Balaban J connectivity index is 2.10. The SMILES string of the molecule is COc1ccc([C@@H]2C[C@H]2C[Si](C(C)C)(C(C)C)C(C)C)cc1. The molecule has 1 aromatic rings. The van der Waals surface area contributed by atoms with Gasteiger partial charge in [0.25, 0.3) is 0 Å². The molecule has 1 aliphatic rings. The maximum atomic E-state index is 5.28. The highest BCUT2D eigenvalue weighted by Gasteiger charge is 2.49. The molecule has 2 atom stereocenters. The van der Waals surface area contributed by atoms with Crippen LogP contribution in [0.15, 0.2) is 24.3 Å². The first-order chi connectivity index (χ1) is 10.3. The minimum absolute atomic E-state index is 0.800. The zero-order chi connectivity index (χ0) is 16.5. The molecule has 0 aromatic heterocycles. The summed E-state index contributed by atoms with van der Waals surface area (Å²) in [5.74, 6) is 2.69. The lowest BCUT2D eigenvalue weighted by molar-refractivity contribution is 0.414. The van der Waals surface area contributed by atoms with Crippen molar-refractivity contribution < 1.29 is 4.74 Å². The predicted octanol–water partition coefficient (Wildman–Crippen LogP) is 6.48. The summed E-state index contributed by atoms with van der Waals surface area (Å²) in [7, 11) is 0.494. The minimum Gasteiger partial charge on any atom is -0.497 e. The Kier molecular flexibility index (Phi) is 5.42. The Morgan fingerprint density at radius 1 is 0.955 bits per heavy atom. The van der Waals surface area contributed by atoms with E-state index in [2.05, 4.69) is 65.8 Å². The molecule has 124 valence electrons. The van der Waals surface area contributed by atoms with Crippen LogP contribution in [0.3, 0.4) is 0 Å². The normalized spacial score (nSPS) is 21.7. The molecule has 1 aromatic carbocycles. The van der Waals surface area contributed by atoms with Gasteiger partial charge in [0.05, 0.1) is 15.2 Å². The van der Waals surface area contributed by atoms with Crippen LogP contribution in [0.1, 0.15) is 59.4 Å². The third-order valence-corrected chi connectivity index (χ3v) is 14.0. The molecule has 0 N–H and O–H groups in total. The Morgan fingerprint density at radius 3 is 1.86 bits per heavy atom. The number of hydrogen-bond acceptors (Lipinski definition) is 1. The van der Waals surface area contributed by atoms with Gasteiger partial charge >= 0.3 is 0 Å². The van der Waals surface area contributed by atoms with E-state index in [-0.39, 0.29) is 0 Å². The molecule has 0 amide bonds. The molecule has 1 aliphatic carbocycles. The van der Waals surface area contributed by atoms with Crippen LogP contribution in [-0.4, -0.2) is 15.2 Å². The van der Waals surface area contributed by atoms with E-state index in [4.69, 9.17) is 4.74 Å². The first-order valence-corrected chi connectivity index (χ1v) is 11.4. The quantitative estimate of drug-likeness (QED) is 0.523. The third-order valence-electron chi connectivity index (χ3n) is 6.31. The smallest absolute Gasteiger partial charge is 0.118 e. The van der Waals surface area contributed by atoms with E-state index in [0.29, 0.717) is 0 Å². The second kappa shape index (κ2) is 6.78. The Hall–Kier alpha value is -0.763. The van der Waals surface area contributed by atoms with Gasteiger partial charge in [-0.3, -0.25) is 0 Å². The molecule has 2 rings (SSSR count). The Morgan fingerprint density at radius 2 is 1.45 bits per heavy atom. The van der Waals surface area contributed by atoms with Crippen molar-refractivity contribution in [2.75, 3.05) is 7.11 Å². The van der Waals surface area contributed by atoms with Crippen molar-refractivity contribution in [1.82, 2.24) is 0 Å². The summed E-state index contributed by atoms with van der Waals surface area (Å²) in [5.41, 5.74) is 4.16. The predicted molar refractivity (Wildman–Crippen MR) is 99.7 cm³/mol. The fourth-order valence-electron chi connectivity index (χ4n) is 4.89. The summed E-state index contributed by atoms with van der Waals surface area (Å²) < 4.78 is 5.28. The van der Waals surface area contributed by atoms with Crippen LogP contribution in [0.2, 0.25) is 22.7 Å². The van der Waals surface area contributed by atoms with E-state index in [0.717, 1.165) is 34.2 Å². The first-order valence-electron chi connectivity index (χ1n) is 8.96. The molecule has 0 bridgehead atoms. The van der Waals surface area contributed by atoms with Crippen molar-refractivity contribution in [2.24, 2.45) is 5.92 Å². The van der Waals surface area contributed by atoms with Gasteiger partial charge in [-0.15, -0.1) is 0 Å². The summed E-state index contributed by atoms with van der Waals surface area (Å²) in [4.78, 5) is 0. The van der Waals surface area contributed by atoms with Crippen molar-refractivity contribution in [3.05, 3.63) is 29.8 Å². The highest BCUT2D eigenvalue weighted by atomic mass is 28.3. The average Bonchev–Trinajstić information content (AvgIpc) is 3.22. The fourth-order valence-corrected chi connectivity index (χ4v) is 11.7. The molecule has 0 spiro atoms. The third kappa shape index (κ3) is 3.27. The van der Waals surface area contributed by atoms with E-state index in [9.17, 15) is 0 Å². The zero-order valence-electron chi connectivity index (χ0n) is 15.5. The van der Waals surface area contributed by atoms with Gasteiger partial charge in [0.2, 0.25) is 0 Å². The van der Waals surface area contributed by atoms with Gasteiger partial charge in [-0.1, -0.05) is 76.3 Å². The molecule has 1 saturated carbocycles. The molecule has 0 saturated heterocycles. The molecule has 22 heavy (non-hydrogen) atoms. The second-order valence-corrected chi connectivity index (χ2v) is 14.3. The molecule has 1 fully saturated rings. The van der Waals surface area contributed by atoms with Crippen molar-refractivity contribution in [3.8, 4) is 5.75 Å². The van der Waals surface area contributed by atoms with Crippen molar-refractivity contribution in [1.29, 1.82) is 0 Å². The molecule has 0 radical (unpaired) electrons. The van der Waals surface area contributed by atoms with Crippen molar-refractivity contribution in [2.45, 2.75) is 76.5 Å². The summed E-state index contributed by atoms with van der Waals surface area (Å²) in [5, 5.41) is 0. The van der Waals surface area contributed by atoms with Gasteiger partial charge in [0.15, 0.2) is 0 Å². The monoisotopic (exact) mass is 318 g/mol. The van der Waals surface area contributed by atoms with Crippen LogP contribution in [0.4, 0.5) is 0 Å². The summed E-state index contributed by atoms with van der Waals surface area (Å²) >= 11 is 0. The number of hydrogen-bond donors (Lipinski definition) is 0. The highest BCUT2D eigenvalue weighted by molar-refractivity contribution is 6.83. The molecule has 0 unspecified atom stereocenters. The highest BCUT2D eigenvalue weighted by Crippen LogP contribution is 2.57. The summed E-state index contributed by atoms with van der Waals surface area (Å²) in [6.45, 7) is 14.9. The van der Waals surface area contributed by atoms with Crippen LogP contribution < -0.4 is 4.74 Å². The lowest BCUT2D eigenvalue weighted by Gasteiger charge is -2.43. The van der Waals surface area contributed by atoms with Crippen LogP contribution in [0, 0.1) is 5.92 Å². The van der Waals surface area contributed by atoms with Crippen LogP contribution in [0.25, 0.3) is 0 Å². The standard InChI is InChI=1S/C20H34OSi/c1-14(2)22(15(3)4,16(5)6)13-18-12-20(18)17-8-10-19(21-7)11-9-17/h8-11,14-16,18,20H,12-13H2,1-7H3/t18-,20-/m0/s1. The van der Waals surface area contributed by atoms with E-state index in [1.807, 2.05) is 0 Å². The number of methoxy groups -OCH3 is 1. The molecule has 0 aliphatic heterocycles. The van der Waals surface area contributed by atoms with Gasteiger partial charge in [0.1, 0.15) is 5.75 Å². The maximum Gasteiger partial charge on any atom is 0.118 e. The van der Waals surface area contributed by atoms with Crippen LogP contribution in [0.5, 0.6) is 5.75 Å². The lowest BCUT2D eigenvalue weighted by atomic mass is 10.1. The largest absolute Gasteiger partial charge is 0.497 e. The van der Waals surface area contributed by atoms with Crippen LogP contribution in [-0.2, 0) is 0 Å². The first kappa shape index (κ1) is 17.6. The second-order valence-electron chi connectivity index (χ2n) is 8.16. The number of ether oxygens (including phenoxy) is 1. The fraction of sp³-hybridized carbons (Fsp3) is 0.700. The number of rotatable bonds is 7. The van der Waals surface area contributed by atoms with E-state index in [1.165, 1.54) is 18.0 Å². The number of benzene rings is 1. The lowest BCUT2D eigenvalue weighted by Crippen LogP contribution is -2.44. The van der Waals surface area contributed by atoms with E-state index < -0.39 is 8.07 Å². The topological polar surface area (TPSA) is 9.23 Å². The van der Waals surface area contributed by atoms with Gasteiger partial charge in [0, 0.05) is 0 Å². The van der Waals surface area contributed by atoms with Crippen molar-refractivity contribution in [3.63, 3.8) is 0 Å². The van der Waals surface area contributed by atoms with Gasteiger partial charge < -0.3 is 4.74 Å². The van der Waals surface area contributed by atoms with Gasteiger partial charge in [-0.25, -0.2) is 0 Å². The molecular weight excluding hydrogens is 284 g/mol. The maximum absolute atomic E-state index is 5.28. The van der Waals surface area contributed by atoms with E-state index in [1.54, 1.807) is 7.11 Å². The summed E-state index contributed by atoms with van der Waals surface area (Å²) in [6, 6.07) is 10.3. The molecule has 1 nitrogen and oxygen atoms in total. The average molecular weight is 319 g/mol. The van der Waals surface area contributed by atoms with E-state index >= 15 is 0 Å². The van der Waals surface area contributed by atoms with Crippen molar-refractivity contribution >= 4 is 8.07 Å². The zero-order valence-corrected chi connectivity index (χ0v) is 16.5. The molecular formula is C20H34OSi. The van der Waals surface area contributed by atoms with Crippen LogP contribution >= 0.6 is 0 Å². The summed E-state index contributed by atoms with van der Waals surface area (Å²) in [6.07, 6.45) is 1.40. The minimum atomic E-state index is -1.25. The Labute approximate surface area is 138 Å².